The molecule has 29 heavy (non-hydrogen) atoms. The summed E-state index contributed by atoms with van der Waals surface area (Å²) in [6, 6.07) is 0. The van der Waals surface area contributed by atoms with Gasteiger partial charge in [0.1, 0.15) is 5.78 Å². The molecule has 0 aromatic carbocycles. The molecule has 0 fully saturated rings. The van der Waals surface area contributed by atoms with Gasteiger partial charge >= 0.3 is 41.8 Å². The first-order chi connectivity index (χ1) is 12.6. The van der Waals surface area contributed by atoms with Crippen molar-refractivity contribution in [3.05, 3.63) is 0 Å². The third kappa shape index (κ3) is 4.85. The number of carbonyl (C=O) groups excluding carboxylic acids is 2. The molecule has 0 aliphatic carbocycles. The quantitative estimate of drug-likeness (QED) is 0.398. The number of carbonyl (C=O) groups is 2. The number of Topliss-reactive ketones (excluding diaryl/α,β-unsaturated/α-hetero) is 1. The zero-order valence-corrected chi connectivity index (χ0v) is 13.5. The summed E-state index contributed by atoms with van der Waals surface area (Å²) in [5.74, 6) is -40.6. The minimum absolute atomic E-state index is 0.643. The molecule has 0 aliphatic heterocycles. The van der Waals surface area contributed by atoms with E-state index in [-0.39, 0.29) is 0 Å². The average Bonchev–Trinajstić information content (AvgIpc) is 2.55. The van der Waals surface area contributed by atoms with E-state index < -0.39 is 73.5 Å². The van der Waals surface area contributed by atoms with Gasteiger partial charge in [0.05, 0.1) is 13.0 Å². The SMILES string of the molecule is NCC(=O)CCC(=O)OCC(F)(F)C(F)(F)C(F)(F)C(F)(F)C(F)(F)C(F)(F)F. The van der Waals surface area contributed by atoms with E-state index in [1.165, 1.54) is 0 Å². The Balaban J connectivity index is 5.65. The van der Waals surface area contributed by atoms with Crippen molar-refractivity contribution in [2.45, 2.75) is 48.6 Å². The number of nitrogens with two attached hydrogens (primary N) is 1. The fraction of sp³-hybridized carbons (Fsp3) is 0.833. The number of ether oxygens (including phenoxy) is 1. The van der Waals surface area contributed by atoms with E-state index in [1.807, 2.05) is 0 Å². The molecule has 0 bridgehead atoms. The molecule has 0 spiro atoms. The van der Waals surface area contributed by atoms with Crippen molar-refractivity contribution in [3.8, 4) is 0 Å². The van der Waals surface area contributed by atoms with Crippen molar-refractivity contribution in [1.29, 1.82) is 0 Å². The molecule has 0 radical (unpaired) electrons. The van der Waals surface area contributed by atoms with Gasteiger partial charge in [-0.25, -0.2) is 0 Å². The van der Waals surface area contributed by atoms with Crippen molar-refractivity contribution in [2.24, 2.45) is 5.73 Å². The predicted molar refractivity (Wildman–Crippen MR) is 65.0 cm³/mol. The second kappa shape index (κ2) is 8.14. The van der Waals surface area contributed by atoms with Gasteiger partial charge in [0.15, 0.2) is 6.61 Å². The van der Waals surface area contributed by atoms with Crippen LogP contribution in [0, 0.1) is 0 Å². The van der Waals surface area contributed by atoms with Gasteiger partial charge in [-0.15, -0.1) is 0 Å². The van der Waals surface area contributed by atoms with E-state index in [0.717, 1.165) is 0 Å². The van der Waals surface area contributed by atoms with Crippen molar-refractivity contribution in [1.82, 2.24) is 0 Å². The number of hydrogen-bond donors (Lipinski definition) is 1. The van der Waals surface area contributed by atoms with Gasteiger partial charge in [-0.05, 0) is 0 Å². The molecular weight excluding hydrogens is 453 g/mol. The molecular formula is C12H10F13NO3. The van der Waals surface area contributed by atoms with Gasteiger partial charge < -0.3 is 10.5 Å². The second-order valence-electron chi connectivity index (χ2n) is 5.40. The van der Waals surface area contributed by atoms with Crippen LogP contribution >= 0.6 is 0 Å². The molecule has 4 nitrogen and oxygen atoms in total. The minimum atomic E-state index is -8.03. The molecule has 17 heteroatoms. The van der Waals surface area contributed by atoms with Crippen LogP contribution in [0.15, 0.2) is 0 Å². The zero-order valence-electron chi connectivity index (χ0n) is 13.5. The highest BCUT2D eigenvalue weighted by Crippen LogP contribution is 2.60. The van der Waals surface area contributed by atoms with E-state index in [1.54, 1.807) is 0 Å². The number of esters is 1. The predicted octanol–water partition coefficient (Wildman–Crippen LogP) is 3.58. The summed E-state index contributed by atoms with van der Waals surface area (Å²) in [5.41, 5.74) is 4.80. The Labute approximate surface area is 152 Å². The Morgan fingerprint density at radius 2 is 1.07 bits per heavy atom. The van der Waals surface area contributed by atoms with Gasteiger partial charge in [-0.3, -0.25) is 9.59 Å². The van der Waals surface area contributed by atoms with Crippen LogP contribution in [-0.2, 0) is 14.3 Å². The average molecular weight is 463 g/mol. The topological polar surface area (TPSA) is 69.4 Å². The molecule has 0 rings (SSSR count). The van der Waals surface area contributed by atoms with E-state index in [0.29, 0.717) is 0 Å². The first kappa shape index (κ1) is 27.2. The second-order valence-corrected chi connectivity index (χ2v) is 5.40. The molecule has 0 saturated carbocycles. The van der Waals surface area contributed by atoms with Crippen molar-refractivity contribution >= 4 is 11.8 Å². The van der Waals surface area contributed by atoms with Gasteiger partial charge in [0, 0.05) is 6.42 Å². The number of ketones is 1. The van der Waals surface area contributed by atoms with Crippen LogP contribution in [0.2, 0.25) is 0 Å². The van der Waals surface area contributed by atoms with Gasteiger partial charge in [-0.2, -0.15) is 57.1 Å². The number of alkyl halides is 13. The van der Waals surface area contributed by atoms with E-state index >= 15 is 0 Å². The minimum Gasteiger partial charge on any atom is -0.459 e. The lowest BCUT2D eigenvalue weighted by molar-refractivity contribution is -0.441. The third-order valence-electron chi connectivity index (χ3n) is 3.25. The number of rotatable bonds is 10. The van der Waals surface area contributed by atoms with Crippen LogP contribution in [0.1, 0.15) is 12.8 Å². The summed E-state index contributed by atoms with van der Waals surface area (Å²) < 4.78 is 170. The maximum absolute atomic E-state index is 13.3. The molecule has 0 amide bonds. The van der Waals surface area contributed by atoms with Crippen LogP contribution in [0.4, 0.5) is 57.1 Å². The van der Waals surface area contributed by atoms with Crippen LogP contribution in [0.5, 0.6) is 0 Å². The highest BCUT2D eigenvalue weighted by atomic mass is 19.4. The Hall–Kier alpha value is -1.81. The van der Waals surface area contributed by atoms with Crippen LogP contribution < -0.4 is 5.73 Å². The molecule has 0 saturated heterocycles. The summed E-state index contributed by atoms with van der Waals surface area (Å²) >= 11 is 0. The molecule has 0 aromatic heterocycles. The number of halogens is 13. The normalized spacial score (nSPS) is 14.7. The fourth-order valence-corrected chi connectivity index (χ4v) is 1.48. The summed E-state index contributed by atoms with van der Waals surface area (Å²) in [6.07, 6.45) is -9.37. The Morgan fingerprint density at radius 1 is 0.655 bits per heavy atom. The fourth-order valence-electron chi connectivity index (χ4n) is 1.48. The first-order valence-electron chi connectivity index (χ1n) is 6.93. The lowest BCUT2D eigenvalue weighted by Crippen LogP contribution is -2.70. The lowest BCUT2D eigenvalue weighted by atomic mass is 9.94. The summed E-state index contributed by atoms with van der Waals surface area (Å²) in [7, 11) is 0. The molecule has 0 aromatic rings. The molecule has 172 valence electrons. The van der Waals surface area contributed by atoms with Crippen molar-refractivity contribution < 1.29 is 71.4 Å². The summed E-state index contributed by atoms with van der Waals surface area (Å²) in [6.45, 7) is -3.74. The maximum atomic E-state index is 13.3. The molecule has 0 aliphatic rings. The monoisotopic (exact) mass is 463 g/mol. The molecule has 0 heterocycles. The van der Waals surface area contributed by atoms with Crippen molar-refractivity contribution in [3.63, 3.8) is 0 Å². The number of hydrogen-bond acceptors (Lipinski definition) is 4. The first-order valence-corrected chi connectivity index (χ1v) is 6.93. The molecule has 0 atom stereocenters. The molecule has 0 unspecified atom stereocenters. The van der Waals surface area contributed by atoms with E-state index in [2.05, 4.69) is 4.74 Å². The third-order valence-corrected chi connectivity index (χ3v) is 3.25. The lowest BCUT2D eigenvalue weighted by Gasteiger charge is -2.39. The Bertz CT molecular complexity index is 615. The smallest absolute Gasteiger partial charge is 0.459 e. The van der Waals surface area contributed by atoms with Gasteiger partial charge in [-0.1, -0.05) is 0 Å². The van der Waals surface area contributed by atoms with Crippen LogP contribution in [0.3, 0.4) is 0 Å². The largest absolute Gasteiger partial charge is 0.460 e. The molecule has 2 N–H and O–H groups in total. The van der Waals surface area contributed by atoms with Crippen LogP contribution in [0.25, 0.3) is 0 Å². The summed E-state index contributed by atoms with van der Waals surface area (Å²) in [5, 5.41) is 0. The highest BCUT2D eigenvalue weighted by molar-refractivity contribution is 5.84. The van der Waals surface area contributed by atoms with E-state index in [9.17, 15) is 66.7 Å². The summed E-state index contributed by atoms with van der Waals surface area (Å²) in [4.78, 5) is 21.7. The maximum Gasteiger partial charge on any atom is 0.460 e. The standard InChI is InChI=1S/C12H10F13NO3/c13-7(14,4-29-6(28)2-1-5(27)3-26)8(15,16)9(17,18)10(19,20)11(21,22)12(23,24)25/h1-4,26H2. The Kier molecular flexibility index (Phi) is 7.63. The van der Waals surface area contributed by atoms with Crippen LogP contribution in [-0.4, -0.2) is 60.7 Å². The van der Waals surface area contributed by atoms with Gasteiger partial charge in [0.25, 0.3) is 0 Å². The zero-order chi connectivity index (χ0) is 23.7. The van der Waals surface area contributed by atoms with E-state index in [4.69, 9.17) is 5.73 Å². The van der Waals surface area contributed by atoms with Crippen molar-refractivity contribution in [2.75, 3.05) is 13.2 Å². The highest BCUT2D eigenvalue weighted by Gasteiger charge is 2.90. The Morgan fingerprint density at radius 3 is 1.45 bits per heavy atom. The van der Waals surface area contributed by atoms with Gasteiger partial charge in [0.2, 0.25) is 0 Å².